The molecule has 0 aromatic heterocycles. The topological polar surface area (TPSA) is 17.1 Å². The summed E-state index contributed by atoms with van der Waals surface area (Å²) in [5.74, 6) is 1.45. The van der Waals surface area contributed by atoms with Crippen LogP contribution in [0.25, 0.3) is 0 Å². The molecule has 0 N–H and O–H groups in total. The average Bonchev–Trinajstić information content (AvgIpc) is 2.14. The second-order valence-electron chi connectivity index (χ2n) is 5.89. The summed E-state index contributed by atoms with van der Waals surface area (Å²) >= 11 is 0. The van der Waals surface area contributed by atoms with Crippen molar-refractivity contribution in [1.29, 1.82) is 0 Å². The van der Waals surface area contributed by atoms with E-state index in [0.29, 0.717) is 17.6 Å². The van der Waals surface area contributed by atoms with Gasteiger partial charge in [0.25, 0.3) is 0 Å². The number of carbonyl (C=O) groups excluding carboxylic acids is 1. The maximum Gasteiger partial charge on any atom is 0.133 e. The van der Waals surface area contributed by atoms with Crippen LogP contribution >= 0.6 is 0 Å². The number of hydrogen-bond acceptors (Lipinski definition) is 1. The number of ketones is 1. The lowest BCUT2D eigenvalue weighted by Crippen LogP contribution is -2.05. The summed E-state index contributed by atoms with van der Waals surface area (Å²) in [6.45, 7) is 12.5. The third-order valence-corrected chi connectivity index (χ3v) is 2.45. The number of aryl methyl sites for hydroxylation is 2. The molecule has 0 unspecified atom stereocenters. The van der Waals surface area contributed by atoms with Gasteiger partial charge in [-0.2, -0.15) is 0 Å². The smallest absolute Gasteiger partial charge is 0.133 e. The standard InChI is InChI=1S/C9H18O.C8H10/c1-7(2)5-9(10)6-8(3)4;1-7-4-3-5-8(2)6-7/h7-8H,5-6H2,1-4H3;3-6H,1-2H3. The Morgan fingerprint density at radius 3 is 1.56 bits per heavy atom. The molecule has 1 heteroatoms. The van der Waals surface area contributed by atoms with Crippen molar-refractivity contribution in [3.05, 3.63) is 35.4 Å². The molecule has 0 fully saturated rings. The van der Waals surface area contributed by atoms with Gasteiger partial charge in [0.1, 0.15) is 5.78 Å². The second kappa shape index (κ2) is 8.91. The van der Waals surface area contributed by atoms with Crippen molar-refractivity contribution >= 4 is 5.78 Å². The van der Waals surface area contributed by atoms with Crippen molar-refractivity contribution in [3.63, 3.8) is 0 Å². The first-order valence-corrected chi connectivity index (χ1v) is 6.86. The van der Waals surface area contributed by atoms with Crippen LogP contribution in [0.2, 0.25) is 0 Å². The fourth-order valence-electron chi connectivity index (χ4n) is 1.80. The molecule has 0 heterocycles. The van der Waals surface area contributed by atoms with E-state index in [-0.39, 0.29) is 0 Å². The van der Waals surface area contributed by atoms with Crippen molar-refractivity contribution in [2.24, 2.45) is 11.8 Å². The highest BCUT2D eigenvalue weighted by molar-refractivity contribution is 5.78. The molecule has 1 aromatic rings. The van der Waals surface area contributed by atoms with E-state index in [9.17, 15) is 4.79 Å². The summed E-state index contributed by atoms with van der Waals surface area (Å²) in [5, 5.41) is 0. The van der Waals surface area contributed by atoms with Crippen LogP contribution in [0.1, 0.15) is 51.7 Å². The number of rotatable bonds is 4. The Bertz CT molecular complexity index is 321. The summed E-state index contributed by atoms with van der Waals surface area (Å²) < 4.78 is 0. The van der Waals surface area contributed by atoms with Crippen LogP contribution in [0, 0.1) is 25.7 Å². The van der Waals surface area contributed by atoms with Crippen LogP contribution in [0.15, 0.2) is 24.3 Å². The zero-order valence-corrected chi connectivity index (χ0v) is 12.8. The minimum Gasteiger partial charge on any atom is -0.300 e. The molecule has 0 atom stereocenters. The molecule has 0 saturated heterocycles. The van der Waals surface area contributed by atoms with E-state index in [4.69, 9.17) is 0 Å². The summed E-state index contributed by atoms with van der Waals surface area (Å²) in [7, 11) is 0. The van der Waals surface area contributed by atoms with Crippen LogP contribution in [0.4, 0.5) is 0 Å². The van der Waals surface area contributed by atoms with Gasteiger partial charge < -0.3 is 0 Å². The molecular weight excluding hydrogens is 220 g/mol. The van der Waals surface area contributed by atoms with Crippen molar-refractivity contribution in [3.8, 4) is 0 Å². The van der Waals surface area contributed by atoms with Crippen LogP contribution in [0.3, 0.4) is 0 Å². The predicted octanol–water partition coefficient (Wildman–Crippen LogP) is 4.95. The molecule has 0 aliphatic rings. The maximum atomic E-state index is 11.1. The van der Waals surface area contributed by atoms with Gasteiger partial charge in [0, 0.05) is 12.8 Å². The van der Waals surface area contributed by atoms with Crippen molar-refractivity contribution in [1.82, 2.24) is 0 Å². The first-order chi connectivity index (χ1) is 8.31. The molecule has 0 spiro atoms. The molecular formula is C17H28O. The van der Waals surface area contributed by atoms with Gasteiger partial charge in [0.2, 0.25) is 0 Å². The zero-order valence-electron chi connectivity index (χ0n) is 12.8. The second-order valence-corrected chi connectivity index (χ2v) is 5.89. The molecule has 0 amide bonds. The van der Waals surface area contributed by atoms with Crippen molar-refractivity contribution < 1.29 is 4.79 Å². The number of benzene rings is 1. The highest BCUT2D eigenvalue weighted by Gasteiger charge is 2.06. The number of carbonyl (C=O) groups is 1. The quantitative estimate of drug-likeness (QED) is 0.736. The zero-order chi connectivity index (χ0) is 14.1. The minimum absolute atomic E-state index is 0.407. The molecule has 1 aromatic carbocycles. The van der Waals surface area contributed by atoms with Crippen LogP contribution in [-0.4, -0.2) is 5.78 Å². The van der Waals surface area contributed by atoms with Gasteiger partial charge in [-0.15, -0.1) is 0 Å². The monoisotopic (exact) mass is 248 g/mol. The fourth-order valence-corrected chi connectivity index (χ4v) is 1.80. The average molecular weight is 248 g/mol. The Morgan fingerprint density at radius 1 is 0.944 bits per heavy atom. The molecule has 0 saturated carbocycles. The van der Waals surface area contributed by atoms with Gasteiger partial charge in [-0.25, -0.2) is 0 Å². The van der Waals surface area contributed by atoms with Crippen molar-refractivity contribution in [2.75, 3.05) is 0 Å². The van der Waals surface area contributed by atoms with Crippen LogP contribution in [0.5, 0.6) is 0 Å². The first kappa shape index (κ1) is 16.9. The Hall–Kier alpha value is -1.11. The van der Waals surface area contributed by atoms with Gasteiger partial charge in [0.15, 0.2) is 0 Å². The lowest BCUT2D eigenvalue weighted by Gasteiger charge is -2.05. The molecule has 0 aliphatic heterocycles. The van der Waals surface area contributed by atoms with Gasteiger partial charge in [-0.1, -0.05) is 63.1 Å². The molecule has 1 rings (SSSR count). The molecule has 0 aliphatic carbocycles. The van der Waals surface area contributed by atoms with Gasteiger partial charge in [-0.05, 0) is 25.7 Å². The first-order valence-electron chi connectivity index (χ1n) is 6.86. The summed E-state index contributed by atoms with van der Waals surface area (Å²) in [6.07, 6.45) is 1.50. The summed E-state index contributed by atoms with van der Waals surface area (Å²) in [5.41, 5.74) is 2.68. The third kappa shape index (κ3) is 10.1. The number of Topliss-reactive ketones (excluding diaryl/α,β-unsaturated/α-hetero) is 1. The third-order valence-electron chi connectivity index (χ3n) is 2.45. The Kier molecular flexibility index (Phi) is 8.36. The number of hydrogen-bond donors (Lipinski definition) is 0. The van der Waals surface area contributed by atoms with E-state index in [2.05, 4.69) is 65.8 Å². The van der Waals surface area contributed by atoms with Crippen molar-refractivity contribution in [2.45, 2.75) is 54.4 Å². The highest BCUT2D eigenvalue weighted by atomic mass is 16.1. The van der Waals surface area contributed by atoms with Crippen LogP contribution in [-0.2, 0) is 4.79 Å². The SMILES string of the molecule is CC(C)CC(=O)CC(C)C.Cc1cccc(C)c1. The Labute approximate surface area is 113 Å². The van der Waals surface area contributed by atoms with Crippen LogP contribution < -0.4 is 0 Å². The lowest BCUT2D eigenvalue weighted by atomic mass is 10.00. The van der Waals surface area contributed by atoms with E-state index in [1.165, 1.54) is 11.1 Å². The maximum absolute atomic E-state index is 11.1. The van der Waals surface area contributed by atoms with E-state index >= 15 is 0 Å². The van der Waals surface area contributed by atoms with E-state index in [0.717, 1.165) is 12.8 Å². The predicted molar refractivity (Wildman–Crippen MR) is 79.8 cm³/mol. The molecule has 1 nitrogen and oxygen atoms in total. The van der Waals surface area contributed by atoms with Gasteiger partial charge in [-0.3, -0.25) is 4.79 Å². The van der Waals surface area contributed by atoms with E-state index in [1.54, 1.807) is 0 Å². The van der Waals surface area contributed by atoms with Gasteiger partial charge >= 0.3 is 0 Å². The molecule has 0 radical (unpaired) electrons. The molecule has 0 bridgehead atoms. The van der Waals surface area contributed by atoms with Gasteiger partial charge in [0.05, 0.1) is 0 Å². The minimum atomic E-state index is 0.407. The van der Waals surface area contributed by atoms with E-state index < -0.39 is 0 Å². The largest absolute Gasteiger partial charge is 0.300 e. The lowest BCUT2D eigenvalue weighted by molar-refractivity contribution is -0.120. The molecule has 102 valence electrons. The Morgan fingerprint density at radius 2 is 1.33 bits per heavy atom. The highest BCUT2D eigenvalue weighted by Crippen LogP contribution is 2.07. The van der Waals surface area contributed by atoms with E-state index in [1.807, 2.05) is 0 Å². The summed E-state index contributed by atoms with van der Waals surface area (Å²) in [6, 6.07) is 8.45. The summed E-state index contributed by atoms with van der Waals surface area (Å²) in [4.78, 5) is 11.1. The molecule has 18 heavy (non-hydrogen) atoms. The Balaban J connectivity index is 0.000000327. The fraction of sp³-hybridized carbons (Fsp3) is 0.588. The normalized spacial score (nSPS) is 10.2.